The molecule has 1 saturated heterocycles. The summed E-state index contributed by atoms with van der Waals surface area (Å²) in [6.07, 6.45) is 2.91. The number of nitrogens with one attached hydrogen (secondary N) is 1. The monoisotopic (exact) mass is 222 g/mol. The highest BCUT2D eigenvalue weighted by Crippen LogP contribution is 2.20. The van der Waals surface area contributed by atoms with Crippen molar-refractivity contribution >= 4 is 0 Å². The van der Waals surface area contributed by atoms with E-state index in [1.807, 2.05) is 6.07 Å². The quantitative estimate of drug-likeness (QED) is 0.850. The molecule has 1 fully saturated rings. The molecule has 2 atom stereocenters. The summed E-state index contributed by atoms with van der Waals surface area (Å²) < 4.78 is 5.42. The SMILES string of the molecule is CCC1(C)CN(Cc2ccco2)C(C)CN1. The molecule has 0 aromatic carbocycles. The van der Waals surface area contributed by atoms with E-state index in [1.54, 1.807) is 6.26 Å². The molecule has 0 spiro atoms. The number of nitrogens with zero attached hydrogens (tertiary/aromatic N) is 1. The lowest BCUT2D eigenvalue weighted by molar-refractivity contribution is 0.0803. The van der Waals surface area contributed by atoms with E-state index in [4.69, 9.17) is 4.42 Å². The molecule has 0 bridgehead atoms. The van der Waals surface area contributed by atoms with Gasteiger partial charge in [0.2, 0.25) is 0 Å². The fraction of sp³-hybridized carbons (Fsp3) is 0.692. The van der Waals surface area contributed by atoms with Crippen molar-refractivity contribution in [2.75, 3.05) is 13.1 Å². The van der Waals surface area contributed by atoms with Gasteiger partial charge in [-0.1, -0.05) is 6.92 Å². The zero-order valence-corrected chi connectivity index (χ0v) is 10.5. The molecule has 3 nitrogen and oxygen atoms in total. The first kappa shape index (κ1) is 11.7. The third-order valence-electron chi connectivity index (χ3n) is 3.72. The lowest BCUT2D eigenvalue weighted by atomic mass is 9.94. The highest BCUT2D eigenvalue weighted by atomic mass is 16.3. The summed E-state index contributed by atoms with van der Waals surface area (Å²) in [4.78, 5) is 2.50. The molecular weight excluding hydrogens is 200 g/mol. The molecule has 3 heteroatoms. The maximum absolute atomic E-state index is 5.42. The highest BCUT2D eigenvalue weighted by Gasteiger charge is 2.32. The van der Waals surface area contributed by atoms with E-state index in [9.17, 15) is 0 Å². The van der Waals surface area contributed by atoms with Crippen molar-refractivity contribution in [1.82, 2.24) is 10.2 Å². The second-order valence-electron chi connectivity index (χ2n) is 5.13. The van der Waals surface area contributed by atoms with E-state index in [0.29, 0.717) is 6.04 Å². The van der Waals surface area contributed by atoms with Gasteiger partial charge in [0.1, 0.15) is 5.76 Å². The Morgan fingerprint density at radius 2 is 2.44 bits per heavy atom. The van der Waals surface area contributed by atoms with Crippen LogP contribution in [0.25, 0.3) is 0 Å². The van der Waals surface area contributed by atoms with Crippen LogP contribution in [0, 0.1) is 0 Å². The van der Waals surface area contributed by atoms with E-state index in [1.165, 1.54) is 0 Å². The van der Waals surface area contributed by atoms with Crippen LogP contribution in [0.4, 0.5) is 0 Å². The molecule has 0 saturated carbocycles. The first-order chi connectivity index (χ1) is 7.63. The summed E-state index contributed by atoms with van der Waals surface area (Å²) in [7, 11) is 0. The van der Waals surface area contributed by atoms with Gasteiger partial charge in [-0.15, -0.1) is 0 Å². The standard InChI is InChI=1S/C13H22N2O/c1-4-13(3)10-15(11(2)8-14-13)9-12-6-5-7-16-12/h5-7,11,14H,4,8-10H2,1-3H3. The summed E-state index contributed by atoms with van der Waals surface area (Å²) in [6.45, 7) is 9.88. The molecule has 1 N–H and O–H groups in total. The minimum absolute atomic E-state index is 0.249. The van der Waals surface area contributed by atoms with Crippen molar-refractivity contribution in [2.24, 2.45) is 0 Å². The maximum atomic E-state index is 5.42. The van der Waals surface area contributed by atoms with Gasteiger partial charge in [-0.05, 0) is 32.4 Å². The van der Waals surface area contributed by atoms with Crippen molar-refractivity contribution in [3.63, 3.8) is 0 Å². The second kappa shape index (κ2) is 4.60. The summed E-state index contributed by atoms with van der Waals surface area (Å²) in [6, 6.07) is 4.59. The van der Waals surface area contributed by atoms with Crippen LogP contribution in [-0.2, 0) is 6.54 Å². The van der Waals surface area contributed by atoms with Gasteiger partial charge in [0, 0.05) is 24.7 Å². The zero-order chi connectivity index (χ0) is 11.6. The molecule has 0 radical (unpaired) electrons. The Morgan fingerprint density at radius 3 is 3.06 bits per heavy atom. The second-order valence-corrected chi connectivity index (χ2v) is 5.13. The topological polar surface area (TPSA) is 28.4 Å². The first-order valence-electron chi connectivity index (χ1n) is 6.14. The third-order valence-corrected chi connectivity index (χ3v) is 3.72. The summed E-state index contributed by atoms with van der Waals surface area (Å²) in [5.74, 6) is 1.06. The molecule has 2 rings (SSSR count). The number of hydrogen-bond donors (Lipinski definition) is 1. The average Bonchev–Trinajstić information content (AvgIpc) is 2.77. The fourth-order valence-corrected chi connectivity index (χ4v) is 2.23. The molecule has 1 aromatic rings. The molecule has 1 aliphatic rings. The van der Waals surface area contributed by atoms with Crippen LogP contribution in [0.2, 0.25) is 0 Å². The van der Waals surface area contributed by atoms with Crippen molar-refractivity contribution in [3.8, 4) is 0 Å². The van der Waals surface area contributed by atoms with Crippen molar-refractivity contribution in [3.05, 3.63) is 24.2 Å². The highest BCUT2D eigenvalue weighted by molar-refractivity contribution is 5.01. The van der Waals surface area contributed by atoms with Crippen molar-refractivity contribution in [2.45, 2.75) is 45.3 Å². The van der Waals surface area contributed by atoms with Gasteiger partial charge in [-0.3, -0.25) is 4.90 Å². The summed E-state index contributed by atoms with van der Waals surface area (Å²) in [5, 5.41) is 3.63. The minimum Gasteiger partial charge on any atom is -0.468 e. The van der Waals surface area contributed by atoms with Crippen LogP contribution in [0.1, 0.15) is 33.0 Å². The molecule has 2 heterocycles. The molecule has 0 amide bonds. The van der Waals surface area contributed by atoms with Gasteiger partial charge >= 0.3 is 0 Å². The zero-order valence-electron chi connectivity index (χ0n) is 10.5. The predicted octanol–water partition coefficient (Wildman–Crippen LogP) is 2.24. The fourth-order valence-electron chi connectivity index (χ4n) is 2.23. The Kier molecular flexibility index (Phi) is 3.36. The van der Waals surface area contributed by atoms with Gasteiger partial charge in [0.15, 0.2) is 0 Å². The average molecular weight is 222 g/mol. The number of hydrogen-bond acceptors (Lipinski definition) is 3. The van der Waals surface area contributed by atoms with Crippen LogP contribution < -0.4 is 5.32 Å². The molecule has 2 unspecified atom stereocenters. The maximum Gasteiger partial charge on any atom is 0.117 e. The Balaban J connectivity index is 2.01. The van der Waals surface area contributed by atoms with Crippen LogP contribution in [-0.4, -0.2) is 29.6 Å². The van der Waals surface area contributed by atoms with E-state index in [0.717, 1.165) is 31.8 Å². The van der Waals surface area contributed by atoms with E-state index in [-0.39, 0.29) is 5.54 Å². The third kappa shape index (κ3) is 2.47. The van der Waals surface area contributed by atoms with E-state index in [2.05, 4.69) is 37.1 Å². The molecule has 90 valence electrons. The molecule has 16 heavy (non-hydrogen) atoms. The molecule has 1 aliphatic heterocycles. The van der Waals surface area contributed by atoms with Crippen LogP contribution in [0.3, 0.4) is 0 Å². The van der Waals surface area contributed by atoms with E-state index >= 15 is 0 Å². The van der Waals surface area contributed by atoms with Crippen molar-refractivity contribution < 1.29 is 4.42 Å². The van der Waals surface area contributed by atoms with E-state index < -0.39 is 0 Å². The Hall–Kier alpha value is -0.800. The number of rotatable bonds is 3. The number of furan rings is 1. The Bertz CT molecular complexity index is 323. The summed E-state index contributed by atoms with van der Waals surface area (Å²) >= 11 is 0. The normalized spacial score (nSPS) is 31.8. The first-order valence-corrected chi connectivity index (χ1v) is 6.14. The van der Waals surface area contributed by atoms with Gasteiger partial charge < -0.3 is 9.73 Å². The Morgan fingerprint density at radius 1 is 1.62 bits per heavy atom. The summed E-state index contributed by atoms with van der Waals surface area (Å²) in [5.41, 5.74) is 0.249. The van der Waals surface area contributed by atoms with Gasteiger partial charge in [0.05, 0.1) is 12.8 Å². The Labute approximate surface area is 97.8 Å². The van der Waals surface area contributed by atoms with Gasteiger partial charge in [0.25, 0.3) is 0 Å². The lowest BCUT2D eigenvalue weighted by Gasteiger charge is -2.44. The lowest BCUT2D eigenvalue weighted by Crippen LogP contribution is -2.61. The van der Waals surface area contributed by atoms with Gasteiger partial charge in [-0.25, -0.2) is 0 Å². The van der Waals surface area contributed by atoms with Crippen LogP contribution in [0.5, 0.6) is 0 Å². The van der Waals surface area contributed by atoms with Gasteiger partial charge in [-0.2, -0.15) is 0 Å². The molecule has 0 aliphatic carbocycles. The minimum atomic E-state index is 0.249. The van der Waals surface area contributed by atoms with Crippen molar-refractivity contribution in [1.29, 1.82) is 0 Å². The molecular formula is C13H22N2O. The smallest absolute Gasteiger partial charge is 0.117 e. The molecule has 1 aromatic heterocycles. The number of piperazine rings is 1. The van der Waals surface area contributed by atoms with Crippen LogP contribution >= 0.6 is 0 Å². The van der Waals surface area contributed by atoms with Crippen LogP contribution in [0.15, 0.2) is 22.8 Å². The largest absolute Gasteiger partial charge is 0.468 e. The predicted molar refractivity (Wildman–Crippen MR) is 65.3 cm³/mol.